The van der Waals surface area contributed by atoms with E-state index in [4.69, 9.17) is 4.42 Å². The molecule has 2 aromatic rings. The topological polar surface area (TPSA) is 71.3 Å². The molecule has 0 saturated carbocycles. The minimum atomic E-state index is -0.483. The van der Waals surface area contributed by atoms with Gasteiger partial charge < -0.3 is 4.42 Å². The molecule has 1 aromatic carbocycles. The summed E-state index contributed by atoms with van der Waals surface area (Å²) in [6.07, 6.45) is 1.39. The number of hydrazine groups is 1. The van der Waals surface area contributed by atoms with Crippen LogP contribution in [0.3, 0.4) is 0 Å². The molecule has 0 radical (unpaired) electrons. The highest BCUT2D eigenvalue weighted by Gasteiger charge is 2.09. The van der Waals surface area contributed by atoms with E-state index in [0.717, 1.165) is 4.90 Å². The van der Waals surface area contributed by atoms with Crippen LogP contribution in [-0.4, -0.2) is 17.6 Å². The second-order valence-electron chi connectivity index (χ2n) is 3.58. The number of thioether (sulfide) groups is 1. The van der Waals surface area contributed by atoms with Crippen molar-refractivity contribution < 1.29 is 14.0 Å². The molecular weight excluding hydrogens is 264 g/mol. The number of amides is 2. The van der Waals surface area contributed by atoms with Gasteiger partial charge in [0, 0.05) is 4.90 Å². The Morgan fingerprint density at radius 3 is 2.53 bits per heavy atom. The highest BCUT2D eigenvalue weighted by Crippen LogP contribution is 2.15. The molecule has 2 amide bonds. The summed E-state index contributed by atoms with van der Waals surface area (Å²) in [5.74, 6) is -0.393. The smallest absolute Gasteiger partial charge is 0.305 e. The fraction of sp³-hybridized carbons (Fsp3) is 0.0769. The number of carbonyl (C=O) groups is 2. The van der Waals surface area contributed by atoms with E-state index in [1.165, 1.54) is 24.1 Å². The highest BCUT2D eigenvalue weighted by atomic mass is 32.2. The SMILES string of the molecule is O=C(CSc1ccccc1)NNC(=O)c1ccco1. The summed E-state index contributed by atoms with van der Waals surface area (Å²) in [7, 11) is 0. The molecular formula is C13H12N2O3S. The Morgan fingerprint density at radius 2 is 1.84 bits per heavy atom. The van der Waals surface area contributed by atoms with Crippen molar-refractivity contribution in [3.8, 4) is 0 Å². The third-order valence-corrected chi connectivity index (χ3v) is 3.19. The second kappa shape index (κ2) is 6.65. The number of benzene rings is 1. The third-order valence-electron chi connectivity index (χ3n) is 2.17. The molecule has 0 saturated heterocycles. The molecule has 2 N–H and O–H groups in total. The summed E-state index contributed by atoms with van der Waals surface area (Å²) >= 11 is 1.39. The van der Waals surface area contributed by atoms with Crippen LogP contribution in [0.4, 0.5) is 0 Å². The van der Waals surface area contributed by atoms with Crippen LogP contribution < -0.4 is 10.9 Å². The lowest BCUT2D eigenvalue weighted by molar-refractivity contribution is -0.119. The fourth-order valence-corrected chi connectivity index (χ4v) is 2.02. The van der Waals surface area contributed by atoms with Gasteiger partial charge in [0.1, 0.15) is 0 Å². The van der Waals surface area contributed by atoms with Gasteiger partial charge in [0.25, 0.3) is 0 Å². The molecule has 1 aromatic heterocycles. The summed E-state index contributed by atoms with van der Waals surface area (Å²) < 4.78 is 4.89. The minimum absolute atomic E-state index is 0.149. The summed E-state index contributed by atoms with van der Waals surface area (Å²) in [5, 5.41) is 0. The predicted octanol–water partition coefficient (Wildman–Crippen LogP) is 1.83. The van der Waals surface area contributed by atoms with E-state index in [2.05, 4.69) is 10.9 Å². The molecule has 98 valence electrons. The van der Waals surface area contributed by atoms with E-state index in [1.807, 2.05) is 30.3 Å². The molecule has 0 bridgehead atoms. The van der Waals surface area contributed by atoms with Gasteiger partial charge in [0.2, 0.25) is 5.91 Å². The zero-order chi connectivity index (χ0) is 13.5. The van der Waals surface area contributed by atoms with Crippen LogP contribution in [0.5, 0.6) is 0 Å². The van der Waals surface area contributed by atoms with Crippen LogP contribution in [0.15, 0.2) is 58.0 Å². The largest absolute Gasteiger partial charge is 0.459 e. The van der Waals surface area contributed by atoms with Gasteiger partial charge >= 0.3 is 5.91 Å². The third kappa shape index (κ3) is 4.18. The van der Waals surface area contributed by atoms with Crippen LogP contribution in [-0.2, 0) is 4.79 Å². The first-order valence-corrected chi connectivity index (χ1v) is 6.55. The van der Waals surface area contributed by atoms with Gasteiger partial charge in [-0.25, -0.2) is 0 Å². The van der Waals surface area contributed by atoms with Crippen molar-refractivity contribution in [3.05, 3.63) is 54.5 Å². The quantitative estimate of drug-likeness (QED) is 0.660. The molecule has 0 aliphatic heterocycles. The zero-order valence-corrected chi connectivity index (χ0v) is 10.8. The van der Waals surface area contributed by atoms with Gasteiger partial charge in [-0.05, 0) is 24.3 Å². The van der Waals surface area contributed by atoms with Gasteiger partial charge in [0.05, 0.1) is 12.0 Å². The number of rotatable bonds is 4. The fourth-order valence-electron chi connectivity index (χ4n) is 1.30. The Kier molecular flexibility index (Phi) is 4.63. The van der Waals surface area contributed by atoms with Gasteiger partial charge in [0.15, 0.2) is 5.76 Å². The number of hydrogen-bond donors (Lipinski definition) is 2. The summed E-state index contributed by atoms with van der Waals surface area (Å²) in [6, 6.07) is 12.7. The standard InChI is InChI=1S/C13H12N2O3S/c16-12(9-19-10-5-2-1-3-6-10)14-15-13(17)11-7-4-8-18-11/h1-8H,9H2,(H,14,16)(H,15,17). The molecule has 5 nitrogen and oxygen atoms in total. The van der Waals surface area contributed by atoms with Crippen molar-refractivity contribution in [1.29, 1.82) is 0 Å². The summed E-state index contributed by atoms with van der Waals surface area (Å²) in [4.78, 5) is 24.0. The summed E-state index contributed by atoms with van der Waals surface area (Å²) in [5.41, 5.74) is 4.60. The molecule has 0 fully saturated rings. The van der Waals surface area contributed by atoms with E-state index >= 15 is 0 Å². The van der Waals surface area contributed by atoms with Crippen LogP contribution in [0.25, 0.3) is 0 Å². The Balaban J connectivity index is 1.72. The van der Waals surface area contributed by atoms with Crippen LogP contribution in [0, 0.1) is 0 Å². The number of hydrogen-bond acceptors (Lipinski definition) is 4. The molecule has 19 heavy (non-hydrogen) atoms. The van der Waals surface area contributed by atoms with Crippen LogP contribution in [0.1, 0.15) is 10.6 Å². The Morgan fingerprint density at radius 1 is 1.05 bits per heavy atom. The van der Waals surface area contributed by atoms with Crippen LogP contribution in [0.2, 0.25) is 0 Å². The number of furan rings is 1. The lowest BCUT2D eigenvalue weighted by Crippen LogP contribution is -2.42. The lowest BCUT2D eigenvalue weighted by atomic mass is 10.4. The van der Waals surface area contributed by atoms with E-state index in [0.29, 0.717) is 0 Å². The minimum Gasteiger partial charge on any atom is -0.459 e. The number of nitrogens with one attached hydrogen (secondary N) is 2. The van der Waals surface area contributed by atoms with Gasteiger partial charge in [-0.1, -0.05) is 18.2 Å². The molecule has 0 spiro atoms. The van der Waals surface area contributed by atoms with E-state index in [9.17, 15) is 9.59 Å². The maximum Gasteiger partial charge on any atom is 0.305 e. The molecule has 0 unspecified atom stereocenters. The first-order valence-electron chi connectivity index (χ1n) is 5.56. The van der Waals surface area contributed by atoms with Gasteiger partial charge in [-0.2, -0.15) is 0 Å². The Bertz CT molecular complexity index is 540. The normalized spacial score (nSPS) is 9.89. The first-order chi connectivity index (χ1) is 9.25. The molecule has 0 aliphatic rings. The maximum atomic E-state index is 11.5. The molecule has 1 heterocycles. The van der Waals surface area contributed by atoms with Crippen LogP contribution >= 0.6 is 11.8 Å². The lowest BCUT2D eigenvalue weighted by Gasteiger charge is -2.05. The van der Waals surface area contributed by atoms with E-state index in [1.54, 1.807) is 6.07 Å². The van der Waals surface area contributed by atoms with Gasteiger partial charge in [-0.3, -0.25) is 20.4 Å². The molecule has 0 atom stereocenters. The summed E-state index contributed by atoms with van der Waals surface area (Å²) in [6.45, 7) is 0. The highest BCUT2D eigenvalue weighted by molar-refractivity contribution is 8.00. The first kappa shape index (κ1) is 13.2. The molecule has 0 aliphatic carbocycles. The second-order valence-corrected chi connectivity index (χ2v) is 4.63. The van der Waals surface area contributed by atoms with Crippen molar-refractivity contribution in [2.45, 2.75) is 4.90 Å². The maximum absolute atomic E-state index is 11.5. The van der Waals surface area contributed by atoms with E-state index < -0.39 is 5.91 Å². The van der Waals surface area contributed by atoms with E-state index in [-0.39, 0.29) is 17.4 Å². The van der Waals surface area contributed by atoms with Crippen molar-refractivity contribution in [2.24, 2.45) is 0 Å². The Labute approximate surface area is 114 Å². The molecule has 6 heteroatoms. The number of carbonyl (C=O) groups excluding carboxylic acids is 2. The Hall–Kier alpha value is -2.21. The van der Waals surface area contributed by atoms with Crippen molar-refractivity contribution in [3.63, 3.8) is 0 Å². The predicted molar refractivity (Wildman–Crippen MR) is 71.5 cm³/mol. The molecule has 2 rings (SSSR count). The van der Waals surface area contributed by atoms with Gasteiger partial charge in [-0.15, -0.1) is 11.8 Å². The van der Waals surface area contributed by atoms with Crippen molar-refractivity contribution in [1.82, 2.24) is 10.9 Å². The zero-order valence-electron chi connectivity index (χ0n) is 9.96. The average molecular weight is 276 g/mol. The van der Waals surface area contributed by atoms with Crippen molar-refractivity contribution in [2.75, 3.05) is 5.75 Å². The monoisotopic (exact) mass is 276 g/mol. The average Bonchev–Trinajstić information content (AvgIpc) is 2.98. The van der Waals surface area contributed by atoms with Crippen molar-refractivity contribution >= 4 is 23.6 Å².